The van der Waals surface area contributed by atoms with Crippen LogP contribution in [0.3, 0.4) is 0 Å². The maximum absolute atomic E-state index is 11.9. The van der Waals surface area contributed by atoms with Crippen LogP contribution < -0.4 is 4.74 Å². The van der Waals surface area contributed by atoms with Crippen molar-refractivity contribution in [2.24, 2.45) is 4.40 Å². The van der Waals surface area contributed by atoms with Crippen LogP contribution in [0.5, 0.6) is 5.75 Å². The summed E-state index contributed by atoms with van der Waals surface area (Å²) in [5.41, 5.74) is 2.03. The third-order valence-electron chi connectivity index (χ3n) is 2.64. The highest BCUT2D eigenvalue weighted by molar-refractivity contribution is 7.83. The predicted octanol–water partition coefficient (Wildman–Crippen LogP) is 3.15. The molecule has 2 aromatic carbocycles. The van der Waals surface area contributed by atoms with Gasteiger partial charge in [0, 0.05) is 6.21 Å². The van der Waals surface area contributed by atoms with Crippen molar-refractivity contribution in [3.63, 3.8) is 0 Å². The maximum atomic E-state index is 11.9. The molecule has 0 saturated carbocycles. The average molecular weight is 273 g/mol. The number of benzene rings is 2. The summed E-state index contributed by atoms with van der Waals surface area (Å²) in [5.74, 6) is 0.789. The second-order valence-electron chi connectivity index (χ2n) is 4.07. The van der Waals surface area contributed by atoms with Gasteiger partial charge in [-0.2, -0.15) is 4.40 Å². The summed E-state index contributed by atoms with van der Waals surface area (Å²) in [6.45, 7) is 1.99. The van der Waals surface area contributed by atoms with Gasteiger partial charge in [0.1, 0.15) is 5.75 Å². The molecule has 0 N–H and O–H groups in total. The van der Waals surface area contributed by atoms with E-state index in [1.165, 1.54) is 0 Å². The van der Waals surface area contributed by atoms with E-state index in [1.54, 1.807) is 13.3 Å². The molecule has 0 fully saturated rings. The normalized spacial score (nSPS) is 12.5. The molecule has 1 atom stereocenters. The highest BCUT2D eigenvalue weighted by atomic mass is 32.2. The van der Waals surface area contributed by atoms with Crippen LogP contribution >= 0.6 is 0 Å². The maximum Gasteiger partial charge on any atom is 0.172 e. The summed E-state index contributed by atoms with van der Waals surface area (Å²) >= 11 is 0. The monoisotopic (exact) mass is 273 g/mol. The van der Waals surface area contributed by atoms with Crippen molar-refractivity contribution in [1.82, 2.24) is 0 Å². The molecule has 98 valence electrons. The number of hydrogen-bond acceptors (Lipinski definition) is 2. The third kappa shape index (κ3) is 3.76. The molecular weight excluding hydrogens is 258 g/mol. The SMILES string of the molecule is COc1ccc(/C=N/[S@@](=O)c2ccc(C)cc2)cc1. The lowest BCUT2D eigenvalue weighted by Gasteiger charge is -1.99. The van der Waals surface area contributed by atoms with E-state index in [1.807, 2.05) is 55.5 Å². The second kappa shape index (κ2) is 6.29. The Kier molecular flexibility index (Phi) is 4.47. The Morgan fingerprint density at radius 1 is 1.05 bits per heavy atom. The molecule has 0 radical (unpaired) electrons. The van der Waals surface area contributed by atoms with Gasteiger partial charge in [0.25, 0.3) is 0 Å². The van der Waals surface area contributed by atoms with Gasteiger partial charge in [-0.1, -0.05) is 17.7 Å². The third-order valence-corrected chi connectivity index (χ3v) is 3.61. The number of ether oxygens (including phenoxy) is 1. The van der Waals surface area contributed by atoms with E-state index in [2.05, 4.69) is 4.40 Å². The summed E-state index contributed by atoms with van der Waals surface area (Å²) in [6.07, 6.45) is 1.61. The minimum absolute atomic E-state index is 0.704. The van der Waals surface area contributed by atoms with E-state index >= 15 is 0 Å². The Morgan fingerprint density at radius 2 is 1.68 bits per heavy atom. The van der Waals surface area contributed by atoms with E-state index in [9.17, 15) is 4.21 Å². The minimum atomic E-state index is -1.36. The molecule has 0 aliphatic rings. The van der Waals surface area contributed by atoms with Gasteiger partial charge < -0.3 is 4.74 Å². The van der Waals surface area contributed by atoms with Gasteiger partial charge in [-0.15, -0.1) is 0 Å². The van der Waals surface area contributed by atoms with E-state index in [-0.39, 0.29) is 0 Å². The average Bonchev–Trinajstić information content (AvgIpc) is 2.46. The molecule has 4 heteroatoms. The molecule has 0 bridgehead atoms. The van der Waals surface area contributed by atoms with E-state index in [0.717, 1.165) is 16.9 Å². The van der Waals surface area contributed by atoms with Crippen molar-refractivity contribution in [1.29, 1.82) is 0 Å². The molecule has 0 amide bonds. The molecule has 2 rings (SSSR count). The molecule has 0 spiro atoms. The summed E-state index contributed by atoms with van der Waals surface area (Å²) in [5, 5.41) is 0. The highest BCUT2D eigenvalue weighted by Crippen LogP contribution is 2.12. The topological polar surface area (TPSA) is 38.7 Å². The quantitative estimate of drug-likeness (QED) is 0.803. The zero-order chi connectivity index (χ0) is 13.7. The Hall–Kier alpha value is -1.94. The van der Waals surface area contributed by atoms with Crippen molar-refractivity contribution >= 4 is 17.2 Å². The van der Waals surface area contributed by atoms with Gasteiger partial charge in [-0.3, -0.25) is 0 Å². The summed E-state index contributed by atoms with van der Waals surface area (Å²) in [6, 6.07) is 14.9. The largest absolute Gasteiger partial charge is 0.497 e. The van der Waals surface area contributed by atoms with E-state index < -0.39 is 11.0 Å². The molecular formula is C15H15NO2S. The van der Waals surface area contributed by atoms with E-state index in [0.29, 0.717) is 4.90 Å². The van der Waals surface area contributed by atoms with Crippen LogP contribution in [0.1, 0.15) is 11.1 Å². The zero-order valence-electron chi connectivity index (χ0n) is 10.9. The Bertz CT molecular complexity index is 589. The molecule has 0 aliphatic carbocycles. The number of rotatable bonds is 4. The molecule has 0 aromatic heterocycles. The molecule has 2 aromatic rings. The van der Waals surface area contributed by atoms with Crippen LogP contribution in [0.2, 0.25) is 0 Å². The number of aryl methyl sites for hydroxylation is 1. The fraction of sp³-hybridized carbons (Fsp3) is 0.133. The Balaban J connectivity index is 2.08. The first-order chi connectivity index (χ1) is 9.19. The standard InChI is InChI=1S/C15H15NO2S/c1-12-3-9-15(10-4-12)19(17)16-11-13-5-7-14(18-2)8-6-13/h3-11H,1-2H3/b16-11+/t19-/m0/s1. The molecule has 0 aliphatic heterocycles. The first-order valence-corrected chi connectivity index (χ1v) is 6.96. The number of methoxy groups -OCH3 is 1. The second-order valence-corrected chi connectivity index (χ2v) is 5.25. The first kappa shape index (κ1) is 13.5. The number of hydrogen-bond donors (Lipinski definition) is 0. The zero-order valence-corrected chi connectivity index (χ0v) is 11.7. The fourth-order valence-electron chi connectivity index (χ4n) is 1.51. The molecule has 0 heterocycles. The predicted molar refractivity (Wildman–Crippen MR) is 78.2 cm³/mol. The summed E-state index contributed by atoms with van der Waals surface area (Å²) < 4.78 is 21.1. The summed E-state index contributed by atoms with van der Waals surface area (Å²) in [4.78, 5) is 0.704. The van der Waals surface area contributed by atoms with Crippen LogP contribution in [0.4, 0.5) is 0 Å². The Morgan fingerprint density at radius 3 is 2.26 bits per heavy atom. The highest BCUT2D eigenvalue weighted by Gasteiger charge is 2.00. The molecule has 0 unspecified atom stereocenters. The van der Waals surface area contributed by atoms with Crippen LogP contribution in [0.15, 0.2) is 57.8 Å². The van der Waals surface area contributed by atoms with Gasteiger partial charge in [-0.25, -0.2) is 4.21 Å². The molecule has 19 heavy (non-hydrogen) atoms. The fourth-order valence-corrected chi connectivity index (χ4v) is 2.22. The van der Waals surface area contributed by atoms with Crippen LogP contribution in [0.25, 0.3) is 0 Å². The molecule has 0 saturated heterocycles. The van der Waals surface area contributed by atoms with Gasteiger partial charge >= 0.3 is 0 Å². The molecule has 3 nitrogen and oxygen atoms in total. The van der Waals surface area contributed by atoms with Crippen LogP contribution in [-0.4, -0.2) is 17.5 Å². The van der Waals surface area contributed by atoms with Gasteiger partial charge in [0.15, 0.2) is 11.0 Å². The van der Waals surface area contributed by atoms with Crippen molar-refractivity contribution in [3.05, 3.63) is 59.7 Å². The number of nitrogens with zero attached hydrogens (tertiary/aromatic N) is 1. The van der Waals surface area contributed by atoms with Crippen LogP contribution in [0, 0.1) is 6.92 Å². The Labute approximate surface area is 115 Å². The van der Waals surface area contributed by atoms with Crippen LogP contribution in [-0.2, 0) is 11.0 Å². The summed E-state index contributed by atoms with van der Waals surface area (Å²) in [7, 11) is 0.259. The smallest absolute Gasteiger partial charge is 0.172 e. The van der Waals surface area contributed by atoms with Gasteiger partial charge in [0.05, 0.1) is 12.0 Å². The van der Waals surface area contributed by atoms with E-state index in [4.69, 9.17) is 4.74 Å². The van der Waals surface area contributed by atoms with Crippen molar-refractivity contribution in [2.75, 3.05) is 7.11 Å². The lowest BCUT2D eigenvalue weighted by Crippen LogP contribution is -1.89. The minimum Gasteiger partial charge on any atom is -0.497 e. The van der Waals surface area contributed by atoms with Gasteiger partial charge in [0.2, 0.25) is 0 Å². The van der Waals surface area contributed by atoms with Crippen molar-refractivity contribution in [2.45, 2.75) is 11.8 Å². The lowest BCUT2D eigenvalue weighted by molar-refractivity contribution is 0.415. The van der Waals surface area contributed by atoms with Crippen molar-refractivity contribution in [3.8, 4) is 5.75 Å². The van der Waals surface area contributed by atoms with Gasteiger partial charge in [-0.05, 0) is 48.9 Å². The lowest BCUT2D eigenvalue weighted by atomic mass is 10.2. The van der Waals surface area contributed by atoms with Crippen molar-refractivity contribution < 1.29 is 8.95 Å². The first-order valence-electron chi connectivity index (χ1n) is 5.86.